The van der Waals surface area contributed by atoms with E-state index in [4.69, 9.17) is 26.2 Å². The normalized spacial score (nSPS) is 15.8. The third kappa shape index (κ3) is 2.97. The van der Waals surface area contributed by atoms with Gasteiger partial charge in [-0.25, -0.2) is 4.98 Å². The van der Waals surface area contributed by atoms with Gasteiger partial charge in [-0.3, -0.25) is 4.68 Å². The molecule has 3 heterocycles. The number of aryl methyl sites for hydroxylation is 1. The van der Waals surface area contributed by atoms with Crippen LogP contribution in [0.15, 0.2) is 36.5 Å². The summed E-state index contributed by atoms with van der Waals surface area (Å²) in [6.45, 7) is 3.62. The highest BCUT2D eigenvalue weighted by atomic mass is 35.5. The average Bonchev–Trinajstić information content (AvgIpc) is 2.92. The maximum absolute atomic E-state index is 5.93. The quantitative estimate of drug-likeness (QED) is 0.655. The molecule has 0 radical (unpaired) electrons. The van der Waals surface area contributed by atoms with Crippen LogP contribution < -0.4 is 4.74 Å². The number of fused-ring (bicyclic) bond motifs is 1. The van der Waals surface area contributed by atoms with Gasteiger partial charge in [0, 0.05) is 36.9 Å². The molecule has 0 amide bonds. The maximum atomic E-state index is 5.93. The first-order valence-corrected chi connectivity index (χ1v) is 8.44. The molecule has 0 bridgehead atoms. The van der Waals surface area contributed by atoms with E-state index in [2.05, 4.69) is 15.7 Å². The minimum Gasteiger partial charge on any atom is -0.457 e. The number of pyridine rings is 1. The molecule has 1 aromatic carbocycles. The number of ether oxygens (including phenoxy) is 2. The molecule has 4 rings (SSSR count). The number of benzene rings is 1. The van der Waals surface area contributed by atoms with Gasteiger partial charge < -0.3 is 9.47 Å². The highest BCUT2D eigenvalue weighted by Gasteiger charge is 2.20. The lowest BCUT2D eigenvalue weighted by Crippen LogP contribution is -2.20. The van der Waals surface area contributed by atoms with Crippen molar-refractivity contribution in [2.75, 3.05) is 13.2 Å². The first-order chi connectivity index (χ1) is 11.7. The Balaban J connectivity index is 1.70. The zero-order valence-corrected chi connectivity index (χ0v) is 14.2. The van der Waals surface area contributed by atoms with E-state index in [1.54, 1.807) is 18.3 Å². The van der Waals surface area contributed by atoms with Gasteiger partial charge >= 0.3 is 0 Å². The number of hydrogen-bond donors (Lipinski definition) is 0. The number of rotatable bonds is 3. The van der Waals surface area contributed by atoms with Crippen LogP contribution in [0.5, 0.6) is 11.5 Å². The Labute approximate surface area is 145 Å². The van der Waals surface area contributed by atoms with Crippen LogP contribution in [0.4, 0.5) is 0 Å². The van der Waals surface area contributed by atoms with Crippen molar-refractivity contribution >= 4 is 22.5 Å². The molecule has 1 aliphatic rings. The van der Waals surface area contributed by atoms with Crippen LogP contribution in [-0.4, -0.2) is 28.0 Å². The van der Waals surface area contributed by atoms with E-state index in [0.29, 0.717) is 16.9 Å². The second-order valence-electron chi connectivity index (χ2n) is 5.97. The fraction of sp³-hybridized carbons (Fsp3) is 0.333. The molecule has 5 nitrogen and oxygen atoms in total. The molecule has 0 unspecified atom stereocenters. The van der Waals surface area contributed by atoms with E-state index < -0.39 is 0 Å². The summed E-state index contributed by atoms with van der Waals surface area (Å²) in [6, 6.07) is 9.93. The Morgan fingerprint density at radius 1 is 1.17 bits per heavy atom. The standard InChI is InChI=1S/C18H18ClN3O2/c1-12-16-3-2-14(24-15-4-7-20-18(19)11-15)10-17(16)22(21-12)13-5-8-23-9-6-13/h2-4,7,10-11,13H,5-6,8-9H2,1H3. The maximum Gasteiger partial charge on any atom is 0.132 e. The van der Waals surface area contributed by atoms with Gasteiger partial charge in [-0.2, -0.15) is 5.10 Å². The van der Waals surface area contributed by atoms with Crippen molar-refractivity contribution in [2.45, 2.75) is 25.8 Å². The Bertz CT molecular complexity index is 872. The molecular weight excluding hydrogens is 326 g/mol. The molecule has 0 saturated carbocycles. The van der Waals surface area contributed by atoms with Gasteiger partial charge in [-0.1, -0.05) is 11.6 Å². The van der Waals surface area contributed by atoms with Crippen molar-refractivity contribution in [3.05, 3.63) is 47.4 Å². The molecule has 124 valence electrons. The van der Waals surface area contributed by atoms with E-state index >= 15 is 0 Å². The molecule has 0 aliphatic carbocycles. The van der Waals surface area contributed by atoms with Crippen molar-refractivity contribution in [1.82, 2.24) is 14.8 Å². The lowest BCUT2D eigenvalue weighted by atomic mass is 10.1. The van der Waals surface area contributed by atoms with Crippen molar-refractivity contribution < 1.29 is 9.47 Å². The van der Waals surface area contributed by atoms with Gasteiger partial charge in [0.05, 0.1) is 17.3 Å². The molecular formula is C18H18ClN3O2. The zero-order valence-electron chi connectivity index (χ0n) is 13.4. The van der Waals surface area contributed by atoms with Crippen molar-refractivity contribution in [3.8, 4) is 11.5 Å². The van der Waals surface area contributed by atoms with Gasteiger partial charge in [0.2, 0.25) is 0 Å². The Morgan fingerprint density at radius 2 is 1.96 bits per heavy atom. The van der Waals surface area contributed by atoms with Gasteiger partial charge in [-0.15, -0.1) is 0 Å². The lowest BCUT2D eigenvalue weighted by Gasteiger charge is -2.23. The monoisotopic (exact) mass is 343 g/mol. The van der Waals surface area contributed by atoms with Crippen LogP contribution in [0.1, 0.15) is 24.6 Å². The lowest BCUT2D eigenvalue weighted by molar-refractivity contribution is 0.0674. The fourth-order valence-corrected chi connectivity index (χ4v) is 3.30. The first kappa shape index (κ1) is 15.4. The van der Waals surface area contributed by atoms with E-state index in [1.807, 2.05) is 19.1 Å². The molecule has 0 N–H and O–H groups in total. The predicted octanol–water partition coefficient (Wildman–Crippen LogP) is 4.54. The zero-order chi connectivity index (χ0) is 16.5. The number of hydrogen-bond acceptors (Lipinski definition) is 4. The van der Waals surface area contributed by atoms with Gasteiger partial charge in [0.15, 0.2) is 0 Å². The molecule has 24 heavy (non-hydrogen) atoms. The summed E-state index contributed by atoms with van der Waals surface area (Å²) < 4.78 is 13.5. The number of nitrogens with zero attached hydrogens (tertiary/aromatic N) is 3. The number of halogens is 1. The summed E-state index contributed by atoms with van der Waals surface area (Å²) in [7, 11) is 0. The van der Waals surface area contributed by atoms with E-state index in [-0.39, 0.29) is 0 Å². The van der Waals surface area contributed by atoms with Gasteiger partial charge in [0.25, 0.3) is 0 Å². The molecule has 0 spiro atoms. The SMILES string of the molecule is Cc1nn(C2CCOCC2)c2cc(Oc3ccnc(Cl)c3)ccc12. The Kier molecular flexibility index (Phi) is 4.12. The summed E-state index contributed by atoms with van der Waals surface area (Å²) in [5, 5.41) is 6.32. The van der Waals surface area contributed by atoms with E-state index in [0.717, 1.165) is 48.4 Å². The topological polar surface area (TPSA) is 49.2 Å². The van der Waals surface area contributed by atoms with E-state index in [9.17, 15) is 0 Å². The summed E-state index contributed by atoms with van der Waals surface area (Å²) in [5.74, 6) is 1.43. The first-order valence-electron chi connectivity index (χ1n) is 8.07. The van der Waals surface area contributed by atoms with Crippen LogP contribution in [0, 0.1) is 6.92 Å². The molecule has 6 heteroatoms. The third-order valence-electron chi connectivity index (χ3n) is 4.33. The van der Waals surface area contributed by atoms with Crippen LogP contribution in [-0.2, 0) is 4.74 Å². The minimum absolute atomic E-state index is 0.376. The van der Waals surface area contributed by atoms with Crippen LogP contribution in [0.2, 0.25) is 5.15 Å². The Hall–Kier alpha value is -2.11. The number of aromatic nitrogens is 3. The molecule has 3 aromatic rings. The van der Waals surface area contributed by atoms with Crippen LogP contribution in [0.3, 0.4) is 0 Å². The second kappa shape index (κ2) is 6.42. The highest BCUT2D eigenvalue weighted by Crippen LogP contribution is 2.31. The van der Waals surface area contributed by atoms with E-state index in [1.165, 1.54) is 0 Å². The summed E-state index contributed by atoms with van der Waals surface area (Å²) in [6.07, 6.45) is 3.61. The molecule has 1 aliphatic heterocycles. The molecule has 1 fully saturated rings. The van der Waals surface area contributed by atoms with Crippen molar-refractivity contribution in [3.63, 3.8) is 0 Å². The average molecular weight is 344 g/mol. The van der Waals surface area contributed by atoms with Gasteiger partial charge in [0.1, 0.15) is 16.7 Å². The highest BCUT2D eigenvalue weighted by molar-refractivity contribution is 6.29. The second-order valence-corrected chi connectivity index (χ2v) is 6.36. The van der Waals surface area contributed by atoms with Crippen molar-refractivity contribution in [2.24, 2.45) is 0 Å². The van der Waals surface area contributed by atoms with Crippen LogP contribution in [0.25, 0.3) is 10.9 Å². The van der Waals surface area contributed by atoms with Gasteiger partial charge in [-0.05, 0) is 38.0 Å². The van der Waals surface area contributed by atoms with Crippen LogP contribution >= 0.6 is 11.6 Å². The minimum atomic E-state index is 0.376. The smallest absolute Gasteiger partial charge is 0.132 e. The summed E-state index contributed by atoms with van der Waals surface area (Å²) in [5.41, 5.74) is 2.13. The summed E-state index contributed by atoms with van der Waals surface area (Å²) in [4.78, 5) is 3.97. The molecule has 2 aromatic heterocycles. The largest absolute Gasteiger partial charge is 0.457 e. The van der Waals surface area contributed by atoms with Crippen molar-refractivity contribution in [1.29, 1.82) is 0 Å². The third-order valence-corrected chi connectivity index (χ3v) is 4.54. The Morgan fingerprint density at radius 3 is 2.75 bits per heavy atom. The summed E-state index contributed by atoms with van der Waals surface area (Å²) >= 11 is 5.92. The molecule has 0 atom stereocenters. The fourth-order valence-electron chi connectivity index (χ4n) is 3.13. The predicted molar refractivity (Wildman–Crippen MR) is 92.9 cm³/mol. The molecule has 1 saturated heterocycles.